The zero-order valence-corrected chi connectivity index (χ0v) is 14.1. The second-order valence-electron chi connectivity index (χ2n) is 6.38. The number of nitrogens with one attached hydrogen (secondary N) is 2. The van der Waals surface area contributed by atoms with Gasteiger partial charge in [-0.25, -0.2) is 4.68 Å². The summed E-state index contributed by atoms with van der Waals surface area (Å²) in [4.78, 5) is 24.0. The van der Waals surface area contributed by atoms with Crippen LogP contribution in [0.2, 0.25) is 0 Å². The average molecular weight is 357 g/mol. The van der Waals surface area contributed by atoms with E-state index in [-0.39, 0.29) is 31.1 Å². The summed E-state index contributed by atoms with van der Waals surface area (Å²) in [6.45, 7) is 0.614. The molecule has 2 heterocycles. The van der Waals surface area contributed by atoms with E-state index in [2.05, 4.69) is 20.9 Å². The maximum absolute atomic E-state index is 12.1. The summed E-state index contributed by atoms with van der Waals surface area (Å²) in [7, 11) is 0. The number of amides is 2. The van der Waals surface area contributed by atoms with Crippen LogP contribution in [0.4, 0.5) is 5.82 Å². The fraction of sp³-hybridized carbons (Fsp3) is 0.412. The number of ether oxygens (including phenoxy) is 2. The summed E-state index contributed by atoms with van der Waals surface area (Å²) in [5, 5.41) is 13.3. The second-order valence-corrected chi connectivity index (χ2v) is 6.38. The predicted molar refractivity (Wildman–Crippen MR) is 90.4 cm³/mol. The van der Waals surface area contributed by atoms with Crippen molar-refractivity contribution in [3.63, 3.8) is 0 Å². The maximum Gasteiger partial charge on any atom is 0.242 e. The molecule has 2 aliphatic rings. The molecule has 0 unspecified atom stereocenters. The first-order valence-corrected chi connectivity index (χ1v) is 8.53. The van der Waals surface area contributed by atoms with Crippen LogP contribution in [-0.2, 0) is 22.7 Å². The van der Waals surface area contributed by atoms with Crippen molar-refractivity contribution in [2.75, 3.05) is 12.1 Å². The molecular formula is C17H19N5O4. The minimum atomic E-state index is -0.204. The molecule has 2 aromatic rings. The van der Waals surface area contributed by atoms with Crippen molar-refractivity contribution in [1.29, 1.82) is 0 Å². The fourth-order valence-corrected chi connectivity index (χ4v) is 2.79. The predicted octanol–water partition coefficient (Wildman–Crippen LogP) is 1.06. The molecule has 26 heavy (non-hydrogen) atoms. The van der Waals surface area contributed by atoms with Gasteiger partial charge < -0.3 is 20.1 Å². The van der Waals surface area contributed by atoms with Crippen LogP contribution >= 0.6 is 0 Å². The summed E-state index contributed by atoms with van der Waals surface area (Å²) in [5.74, 6) is 1.59. The van der Waals surface area contributed by atoms with Gasteiger partial charge in [0.05, 0.1) is 6.20 Å². The molecule has 0 bridgehead atoms. The van der Waals surface area contributed by atoms with Gasteiger partial charge in [-0.2, -0.15) is 0 Å². The van der Waals surface area contributed by atoms with E-state index in [4.69, 9.17) is 9.47 Å². The van der Waals surface area contributed by atoms with Crippen molar-refractivity contribution >= 4 is 17.6 Å². The smallest absolute Gasteiger partial charge is 0.242 e. The summed E-state index contributed by atoms with van der Waals surface area (Å²) >= 11 is 0. The van der Waals surface area contributed by atoms with Crippen molar-refractivity contribution < 1.29 is 19.1 Å². The van der Waals surface area contributed by atoms with E-state index in [0.29, 0.717) is 23.9 Å². The second kappa shape index (κ2) is 7.03. The molecule has 1 saturated carbocycles. The summed E-state index contributed by atoms with van der Waals surface area (Å²) in [6, 6.07) is 5.53. The molecule has 1 aromatic carbocycles. The Balaban J connectivity index is 1.26. The average Bonchev–Trinajstić information content (AvgIpc) is 3.20. The van der Waals surface area contributed by atoms with Gasteiger partial charge >= 0.3 is 0 Å². The van der Waals surface area contributed by atoms with Crippen LogP contribution in [0.3, 0.4) is 0 Å². The number of rotatable bonds is 6. The summed E-state index contributed by atoms with van der Waals surface area (Å²) < 4.78 is 12.0. The number of fused-ring (bicyclic) bond motifs is 1. The van der Waals surface area contributed by atoms with E-state index in [1.54, 1.807) is 6.20 Å². The third-order valence-electron chi connectivity index (χ3n) is 4.50. The third-order valence-corrected chi connectivity index (χ3v) is 4.50. The maximum atomic E-state index is 12.1. The molecule has 1 aliphatic heterocycles. The van der Waals surface area contributed by atoms with E-state index in [1.165, 1.54) is 4.68 Å². The number of carbonyl (C=O) groups excluding carboxylic acids is 2. The molecule has 2 N–H and O–H groups in total. The number of nitrogens with zero attached hydrogens (tertiary/aromatic N) is 3. The standard InChI is InChI=1S/C17H19N5O4/c23-16(18-7-11-4-5-13-14(6-11)26-10-25-13)9-22-8-15(20-21-22)19-17(24)12-2-1-3-12/h4-6,8,12H,1-3,7,9-10H2,(H,18,23)(H,19,24). The molecule has 1 aliphatic carbocycles. The monoisotopic (exact) mass is 357 g/mol. The van der Waals surface area contributed by atoms with Gasteiger partial charge in [-0.1, -0.05) is 17.7 Å². The quantitative estimate of drug-likeness (QED) is 0.800. The van der Waals surface area contributed by atoms with E-state index >= 15 is 0 Å². The van der Waals surface area contributed by atoms with Gasteiger partial charge in [0.1, 0.15) is 6.54 Å². The molecule has 1 aromatic heterocycles. The highest BCUT2D eigenvalue weighted by Crippen LogP contribution is 2.32. The molecule has 0 atom stereocenters. The van der Waals surface area contributed by atoms with Crippen LogP contribution in [-0.4, -0.2) is 33.6 Å². The molecule has 9 nitrogen and oxygen atoms in total. The Morgan fingerprint density at radius 2 is 2.08 bits per heavy atom. The van der Waals surface area contributed by atoms with E-state index in [1.807, 2.05) is 18.2 Å². The lowest BCUT2D eigenvalue weighted by atomic mass is 9.85. The highest BCUT2D eigenvalue weighted by Gasteiger charge is 2.25. The molecule has 0 saturated heterocycles. The number of hydrogen-bond acceptors (Lipinski definition) is 6. The Morgan fingerprint density at radius 1 is 1.23 bits per heavy atom. The van der Waals surface area contributed by atoms with Gasteiger partial charge in [-0.3, -0.25) is 9.59 Å². The zero-order valence-electron chi connectivity index (χ0n) is 14.1. The Morgan fingerprint density at radius 3 is 2.88 bits per heavy atom. The topological polar surface area (TPSA) is 107 Å². The first kappa shape index (κ1) is 16.4. The first-order chi connectivity index (χ1) is 12.7. The number of benzene rings is 1. The minimum absolute atomic E-state index is 0.0247. The molecule has 4 rings (SSSR count). The minimum Gasteiger partial charge on any atom is -0.454 e. The van der Waals surface area contributed by atoms with Gasteiger partial charge in [-0.15, -0.1) is 5.10 Å². The lowest BCUT2D eigenvalue weighted by Gasteiger charge is -2.23. The van der Waals surface area contributed by atoms with Crippen molar-refractivity contribution in [3.8, 4) is 11.5 Å². The fourth-order valence-electron chi connectivity index (χ4n) is 2.79. The van der Waals surface area contributed by atoms with Gasteiger partial charge in [0.15, 0.2) is 17.3 Å². The molecule has 0 radical (unpaired) electrons. The summed E-state index contributed by atoms with van der Waals surface area (Å²) in [6.07, 6.45) is 4.48. The van der Waals surface area contributed by atoms with Crippen molar-refractivity contribution in [1.82, 2.24) is 20.3 Å². The highest BCUT2D eigenvalue weighted by molar-refractivity contribution is 5.92. The molecule has 1 fully saturated rings. The Labute approximate surface area is 149 Å². The zero-order chi connectivity index (χ0) is 17.9. The Kier molecular flexibility index (Phi) is 4.42. The lowest BCUT2D eigenvalue weighted by molar-refractivity contribution is -0.122. The molecular weight excluding hydrogens is 338 g/mol. The molecule has 136 valence electrons. The lowest BCUT2D eigenvalue weighted by Crippen LogP contribution is -2.28. The van der Waals surface area contributed by atoms with Gasteiger partial charge in [0, 0.05) is 12.5 Å². The van der Waals surface area contributed by atoms with Gasteiger partial charge in [0.25, 0.3) is 0 Å². The largest absolute Gasteiger partial charge is 0.454 e. The number of hydrogen-bond donors (Lipinski definition) is 2. The van der Waals surface area contributed by atoms with E-state index in [9.17, 15) is 9.59 Å². The van der Waals surface area contributed by atoms with Crippen LogP contribution in [0.15, 0.2) is 24.4 Å². The highest BCUT2D eigenvalue weighted by atomic mass is 16.7. The number of aromatic nitrogens is 3. The van der Waals surface area contributed by atoms with E-state index < -0.39 is 0 Å². The van der Waals surface area contributed by atoms with Crippen molar-refractivity contribution in [3.05, 3.63) is 30.0 Å². The number of carbonyl (C=O) groups is 2. The van der Waals surface area contributed by atoms with Crippen LogP contribution in [0.1, 0.15) is 24.8 Å². The first-order valence-electron chi connectivity index (χ1n) is 8.53. The molecule has 2 amide bonds. The van der Waals surface area contributed by atoms with Gasteiger partial charge in [-0.05, 0) is 30.5 Å². The van der Waals surface area contributed by atoms with Crippen LogP contribution in [0, 0.1) is 5.92 Å². The Hall–Kier alpha value is -3.10. The molecule has 9 heteroatoms. The molecule has 0 spiro atoms. The van der Waals surface area contributed by atoms with E-state index in [0.717, 1.165) is 24.8 Å². The van der Waals surface area contributed by atoms with Crippen molar-refractivity contribution in [2.24, 2.45) is 5.92 Å². The van der Waals surface area contributed by atoms with Crippen LogP contribution < -0.4 is 20.1 Å². The number of anilines is 1. The Bertz CT molecular complexity index is 830. The SMILES string of the molecule is O=C(Cn1cc(NC(=O)C2CCC2)nn1)NCc1ccc2c(c1)OCO2. The van der Waals surface area contributed by atoms with Gasteiger partial charge in [0.2, 0.25) is 18.6 Å². The normalized spacial score (nSPS) is 15.4. The van der Waals surface area contributed by atoms with Crippen LogP contribution in [0.25, 0.3) is 0 Å². The summed E-state index contributed by atoms with van der Waals surface area (Å²) in [5.41, 5.74) is 0.912. The van der Waals surface area contributed by atoms with Crippen molar-refractivity contribution in [2.45, 2.75) is 32.4 Å². The van der Waals surface area contributed by atoms with Crippen LogP contribution in [0.5, 0.6) is 11.5 Å². The third kappa shape index (κ3) is 3.61.